The van der Waals surface area contributed by atoms with Crippen molar-refractivity contribution in [3.63, 3.8) is 0 Å². The topological polar surface area (TPSA) is 61.4 Å². The Labute approximate surface area is 110 Å². The molecule has 0 aliphatic rings. The maximum atomic E-state index is 3.99. The van der Waals surface area contributed by atoms with E-state index in [2.05, 4.69) is 45.7 Å². The lowest BCUT2D eigenvalue weighted by Crippen LogP contribution is -2.04. The van der Waals surface area contributed by atoms with Gasteiger partial charge in [-0.15, -0.1) is 10.2 Å². The van der Waals surface area contributed by atoms with E-state index in [0.29, 0.717) is 0 Å². The summed E-state index contributed by atoms with van der Waals surface area (Å²) >= 11 is 0. The van der Waals surface area contributed by atoms with Crippen LogP contribution < -0.4 is 0 Å². The lowest BCUT2D eigenvalue weighted by atomic mass is 10.1. The molecule has 1 aromatic carbocycles. The van der Waals surface area contributed by atoms with Gasteiger partial charge in [-0.25, -0.2) is 9.36 Å². The molecule has 2 aromatic heterocycles. The quantitative estimate of drug-likeness (QED) is 0.703. The first-order chi connectivity index (χ1) is 9.29. The van der Waals surface area contributed by atoms with E-state index in [1.165, 1.54) is 16.7 Å². The predicted octanol–water partition coefficient (Wildman–Crippen LogP) is 1.27. The van der Waals surface area contributed by atoms with Crippen LogP contribution in [0.2, 0.25) is 0 Å². The van der Waals surface area contributed by atoms with Gasteiger partial charge in [-0.05, 0) is 18.1 Å². The van der Waals surface area contributed by atoms with Crippen LogP contribution in [0.25, 0.3) is 0 Å². The molecule has 19 heavy (non-hydrogen) atoms. The third kappa shape index (κ3) is 2.85. The molecule has 0 atom stereocenters. The summed E-state index contributed by atoms with van der Waals surface area (Å²) in [5.41, 5.74) is 3.65. The molecular formula is C13H14N6. The van der Waals surface area contributed by atoms with E-state index in [4.69, 9.17) is 0 Å². The van der Waals surface area contributed by atoms with Gasteiger partial charge in [-0.1, -0.05) is 34.2 Å². The molecular weight excluding hydrogens is 240 g/mol. The summed E-state index contributed by atoms with van der Waals surface area (Å²) in [6, 6.07) is 6.48. The molecule has 3 rings (SSSR count). The third-order valence-corrected chi connectivity index (χ3v) is 2.83. The molecule has 0 amide bonds. The Morgan fingerprint density at radius 1 is 0.842 bits per heavy atom. The minimum atomic E-state index is 0.728. The van der Waals surface area contributed by atoms with E-state index in [1.54, 1.807) is 12.4 Å². The fraction of sp³-hybridized carbons (Fsp3) is 0.231. The summed E-state index contributed by atoms with van der Waals surface area (Å²) in [4.78, 5) is 0. The summed E-state index contributed by atoms with van der Waals surface area (Å²) in [5.74, 6) is 0. The van der Waals surface area contributed by atoms with E-state index in [0.717, 1.165) is 13.1 Å². The standard InChI is InChI=1S/C13H14N6/c1-11-6-12(9-18-4-2-14-16-18)8-13(7-11)10-19-5-3-15-17-19/h2-8H,9-10H2,1H3. The molecule has 96 valence electrons. The van der Waals surface area contributed by atoms with Gasteiger partial charge in [0.05, 0.1) is 25.5 Å². The molecule has 0 fully saturated rings. The number of aryl methyl sites for hydroxylation is 1. The van der Waals surface area contributed by atoms with Gasteiger partial charge in [0.25, 0.3) is 0 Å². The number of benzene rings is 1. The Bertz CT molecular complexity index is 587. The van der Waals surface area contributed by atoms with Gasteiger partial charge in [-0.3, -0.25) is 0 Å². The summed E-state index contributed by atoms with van der Waals surface area (Å²) in [6.45, 7) is 3.55. The molecule has 3 aromatic rings. The fourth-order valence-electron chi connectivity index (χ4n) is 2.14. The first-order valence-corrected chi connectivity index (χ1v) is 6.07. The second kappa shape index (κ2) is 5.01. The van der Waals surface area contributed by atoms with Crippen LogP contribution in [0.4, 0.5) is 0 Å². The lowest BCUT2D eigenvalue weighted by molar-refractivity contribution is 0.638. The number of hydrogen-bond acceptors (Lipinski definition) is 4. The zero-order valence-electron chi connectivity index (χ0n) is 10.6. The van der Waals surface area contributed by atoms with Gasteiger partial charge >= 0.3 is 0 Å². The van der Waals surface area contributed by atoms with Crippen molar-refractivity contribution in [3.05, 3.63) is 59.7 Å². The monoisotopic (exact) mass is 254 g/mol. The minimum Gasteiger partial charge on any atom is -0.248 e. The van der Waals surface area contributed by atoms with Crippen molar-refractivity contribution in [2.24, 2.45) is 0 Å². The SMILES string of the molecule is Cc1cc(Cn2ccnn2)cc(Cn2ccnn2)c1. The van der Waals surface area contributed by atoms with Gasteiger partial charge in [0.15, 0.2) is 0 Å². The van der Waals surface area contributed by atoms with Crippen LogP contribution in [-0.2, 0) is 13.1 Å². The molecule has 0 saturated carbocycles. The highest BCUT2D eigenvalue weighted by molar-refractivity contribution is 5.29. The Morgan fingerprint density at radius 3 is 1.79 bits per heavy atom. The lowest BCUT2D eigenvalue weighted by Gasteiger charge is -2.07. The highest BCUT2D eigenvalue weighted by atomic mass is 15.4. The van der Waals surface area contributed by atoms with Crippen LogP contribution in [0.3, 0.4) is 0 Å². The molecule has 6 nitrogen and oxygen atoms in total. The van der Waals surface area contributed by atoms with Crippen LogP contribution in [-0.4, -0.2) is 30.0 Å². The number of hydrogen-bond donors (Lipinski definition) is 0. The van der Waals surface area contributed by atoms with Gasteiger partial charge < -0.3 is 0 Å². The molecule has 0 aliphatic heterocycles. The van der Waals surface area contributed by atoms with Crippen molar-refractivity contribution < 1.29 is 0 Å². The van der Waals surface area contributed by atoms with Crippen molar-refractivity contribution in [3.8, 4) is 0 Å². The van der Waals surface area contributed by atoms with Crippen molar-refractivity contribution in [1.82, 2.24) is 30.0 Å². The second-order valence-corrected chi connectivity index (χ2v) is 4.53. The Hall–Kier alpha value is -2.50. The smallest absolute Gasteiger partial charge is 0.0693 e. The van der Waals surface area contributed by atoms with Gasteiger partial charge in [-0.2, -0.15) is 0 Å². The zero-order chi connectivity index (χ0) is 13.1. The Kier molecular flexibility index (Phi) is 3.06. The molecule has 0 spiro atoms. The normalized spacial score (nSPS) is 10.8. The van der Waals surface area contributed by atoms with Crippen LogP contribution >= 0.6 is 0 Å². The van der Waals surface area contributed by atoms with E-state index in [-0.39, 0.29) is 0 Å². The largest absolute Gasteiger partial charge is 0.248 e. The molecule has 0 saturated heterocycles. The van der Waals surface area contributed by atoms with Crippen molar-refractivity contribution >= 4 is 0 Å². The van der Waals surface area contributed by atoms with Crippen molar-refractivity contribution in [2.75, 3.05) is 0 Å². The first kappa shape index (κ1) is 11.6. The molecule has 0 radical (unpaired) electrons. The molecule has 0 N–H and O–H groups in total. The molecule has 0 aliphatic carbocycles. The maximum Gasteiger partial charge on any atom is 0.0693 e. The summed E-state index contributed by atoms with van der Waals surface area (Å²) in [5, 5.41) is 15.6. The number of aromatic nitrogens is 6. The predicted molar refractivity (Wildman–Crippen MR) is 69.4 cm³/mol. The van der Waals surface area contributed by atoms with Crippen molar-refractivity contribution in [1.29, 1.82) is 0 Å². The van der Waals surface area contributed by atoms with Crippen molar-refractivity contribution in [2.45, 2.75) is 20.0 Å². The zero-order valence-corrected chi connectivity index (χ0v) is 10.6. The Balaban J connectivity index is 1.83. The van der Waals surface area contributed by atoms with Gasteiger partial charge in [0.1, 0.15) is 0 Å². The van der Waals surface area contributed by atoms with E-state index < -0.39 is 0 Å². The highest BCUT2D eigenvalue weighted by Crippen LogP contribution is 2.12. The van der Waals surface area contributed by atoms with Gasteiger partial charge in [0.2, 0.25) is 0 Å². The van der Waals surface area contributed by atoms with Crippen LogP contribution in [0.5, 0.6) is 0 Å². The maximum absolute atomic E-state index is 3.99. The fourth-order valence-corrected chi connectivity index (χ4v) is 2.14. The summed E-state index contributed by atoms with van der Waals surface area (Å²) < 4.78 is 3.63. The first-order valence-electron chi connectivity index (χ1n) is 6.07. The van der Waals surface area contributed by atoms with Gasteiger partial charge in [0, 0.05) is 12.4 Å². The van der Waals surface area contributed by atoms with E-state index >= 15 is 0 Å². The number of rotatable bonds is 4. The van der Waals surface area contributed by atoms with E-state index in [1.807, 2.05) is 21.8 Å². The average molecular weight is 254 g/mol. The molecule has 0 unspecified atom stereocenters. The summed E-state index contributed by atoms with van der Waals surface area (Å²) in [7, 11) is 0. The highest BCUT2D eigenvalue weighted by Gasteiger charge is 2.02. The average Bonchev–Trinajstić information content (AvgIpc) is 3.01. The second-order valence-electron chi connectivity index (χ2n) is 4.53. The number of nitrogens with zero attached hydrogens (tertiary/aromatic N) is 6. The molecule has 0 bridgehead atoms. The van der Waals surface area contributed by atoms with Crippen LogP contribution in [0.15, 0.2) is 43.0 Å². The van der Waals surface area contributed by atoms with Crippen LogP contribution in [0, 0.1) is 6.92 Å². The van der Waals surface area contributed by atoms with E-state index in [9.17, 15) is 0 Å². The summed E-state index contributed by atoms with van der Waals surface area (Å²) in [6.07, 6.45) is 7.09. The van der Waals surface area contributed by atoms with Crippen LogP contribution in [0.1, 0.15) is 16.7 Å². The Morgan fingerprint density at radius 2 is 1.37 bits per heavy atom. The minimum absolute atomic E-state index is 0.728. The molecule has 6 heteroatoms. The molecule has 2 heterocycles. The third-order valence-electron chi connectivity index (χ3n) is 2.83.